The van der Waals surface area contributed by atoms with Gasteiger partial charge in [-0.1, -0.05) is 20.8 Å². The Labute approximate surface area is 175 Å². The molecule has 3 aliphatic rings. The highest BCUT2D eigenvalue weighted by atomic mass is 16.5. The van der Waals surface area contributed by atoms with Gasteiger partial charge in [-0.25, -0.2) is 4.79 Å². The molecule has 0 bridgehead atoms. The maximum absolute atomic E-state index is 12.6. The topological polar surface area (TPSA) is 77.8 Å². The van der Waals surface area contributed by atoms with Gasteiger partial charge in [0.15, 0.2) is 5.43 Å². The molecule has 0 aliphatic carbocycles. The van der Waals surface area contributed by atoms with Crippen LogP contribution < -0.4 is 10.2 Å². The molecule has 1 saturated heterocycles. The van der Waals surface area contributed by atoms with Crippen LogP contribution >= 0.6 is 0 Å². The van der Waals surface area contributed by atoms with Crippen LogP contribution in [0.2, 0.25) is 0 Å². The average Bonchev–Trinajstić information content (AvgIpc) is 3.37. The van der Waals surface area contributed by atoms with Crippen molar-refractivity contribution < 1.29 is 19.4 Å². The molecule has 0 spiro atoms. The highest BCUT2D eigenvalue weighted by Gasteiger charge is 2.37. The number of rotatable bonds is 2. The van der Waals surface area contributed by atoms with Crippen molar-refractivity contribution in [1.29, 1.82) is 0 Å². The number of carbonyl (C=O) groups is 1. The number of aromatic nitrogens is 1. The van der Waals surface area contributed by atoms with E-state index in [1.807, 2.05) is 4.57 Å². The molecule has 0 amide bonds. The lowest BCUT2D eigenvalue weighted by molar-refractivity contribution is 0.0693. The van der Waals surface area contributed by atoms with Crippen LogP contribution in [0.25, 0.3) is 11.3 Å². The van der Waals surface area contributed by atoms with Crippen LogP contribution in [0.5, 0.6) is 5.75 Å². The van der Waals surface area contributed by atoms with E-state index < -0.39 is 11.4 Å². The molecule has 2 atom stereocenters. The van der Waals surface area contributed by atoms with Crippen molar-refractivity contribution in [2.75, 3.05) is 19.8 Å². The van der Waals surface area contributed by atoms with E-state index in [0.29, 0.717) is 19.1 Å². The molecular formula is C24H27NO5. The molecule has 2 aromatic rings. The highest BCUT2D eigenvalue weighted by Crippen LogP contribution is 2.49. The van der Waals surface area contributed by atoms with E-state index in [2.05, 4.69) is 26.8 Å². The largest absolute Gasteiger partial charge is 0.493 e. The van der Waals surface area contributed by atoms with Gasteiger partial charge in [0.1, 0.15) is 11.3 Å². The quantitative estimate of drug-likeness (QED) is 0.816. The van der Waals surface area contributed by atoms with Crippen molar-refractivity contribution in [2.24, 2.45) is 5.41 Å². The lowest BCUT2D eigenvalue weighted by Gasteiger charge is -2.40. The van der Waals surface area contributed by atoms with Gasteiger partial charge in [0.25, 0.3) is 0 Å². The summed E-state index contributed by atoms with van der Waals surface area (Å²) in [6.07, 6.45) is 4.17. The summed E-state index contributed by atoms with van der Waals surface area (Å²) in [5.41, 5.74) is 4.77. The van der Waals surface area contributed by atoms with Crippen LogP contribution in [0, 0.1) is 5.41 Å². The standard InChI is InChI=1S/C24H27NO5/c1-24(2,3)21-9-16-14-5-7-30-22(14)15(13-4-6-29-12-13)8-17(16)19-10-20(26)18(23(27)28)11-25(19)21/h8,10-11,13,21H,4-7,9,12H2,1-3H3,(H,27,28)/t13?,21-/m0/s1. The number of ether oxygens (including phenoxy) is 2. The van der Waals surface area contributed by atoms with Crippen molar-refractivity contribution in [3.63, 3.8) is 0 Å². The first-order chi connectivity index (χ1) is 14.3. The molecule has 1 unspecified atom stereocenters. The van der Waals surface area contributed by atoms with Crippen LogP contribution in [-0.2, 0) is 17.6 Å². The molecule has 6 heteroatoms. The number of benzene rings is 1. The lowest BCUT2D eigenvalue weighted by Crippen LogP contribution is -2.33. The zero-order chi connectivity index (χ0) is 21.2. The average molecular weight is 409 g/mol. The normalized spacial score (nSPS) is 22.2. The number of hydrogen-bond donors (Lipinski definition) is 1. The molecule has 1 N–H and O–H groups in total. The molecule has 158 valence electrons. The molecule has 6 nitrogen and oxygen atoms in total. The number of hydrogen-bond acceptors (Lipinski definition) is 4. The van der Waals surface area contributed by atoms with Crippen molar-refractivity contribution in [3.05, 3.63) is 50.8 Å². The molecule has 5 rings (SSSR count). The number of fused-ring (bicyclic) bond motifs is 5. The smallest absolute Gasteiger partial charge is 0.341 e. The number of carboxylic acid groups (broad SMARTS) is 1. The van der Waals surface area contributed by atoms with Crippen molar-refractivity contribution in [2.45, 2.75) is 52.0 Å². The fraction of sp³-hybridized carbons (Fsp3) is 0.500. The van der Waals surface area contributed by atoms with E-state index in [0.717, 1.165) is 48.4 Å². The van der Waals surface area contributed by atoms with E-state index in [4.69, 9.17) is 9.47 Å². The van der Waals surface area contributed by atoms with Crippen LogP contribution in [0.3, 0.4) is 0 Å². The van der Waals surface area contributed by atoms with E-state index in [1.165, 1.54) is 17.2 Å². The lowest BCUT2D eigenvalue weighted by atomic mass is 9.76. The van der Waals surface area contributed by atoms with Gasteiger partial charge < -0.3 is 19.1 Å². The number of pyridine rings is 1. The summed E-state index contributed by atoms with van der Waals surface area (Å²) in [4.78, 5) is 24.3. The third kappa shape index (κ3) is 2.88. The summed E-state index contributed by atoms with van der Waals surface area (Å²) in [6.45, 7) is 8.59. The first kappa shape index (κ1) is 19.4. The maximum atomic E-state index is 12.6. The van der Waals surface area contributed by atoms with Gasteiger partial charge in [-0.15, -0.1) is 0 Å². The maximum Gasteiger partial charge on any atom is 0.341 e. The van der Waals surface area contributed by atoms with E-state index >= 15 is 0 Å². The molecule has 1 fully saturated rings. The first-order valence-electron chi connectivity index (χ1n) is 10.6. The Balaban J connectivity index is 1.79. The van der Waals surface area contributed by atoms with E-state index in [-0.39, 0.29) is 17.0 Å². The predicted octanol–water partition coefficient (Wildman–Crippen LogP) is 3.80. The second kappa shape index (κ2) is 6.71. The Morgan fingerprint density at radius 1 is 1.20 bits per heavy atom. The van der Waals surface area contributed by atoms with Gasteiger partial charge in [-0.05, 0) is 29.9 Å². The summed E-state index contributed by atoms with van der Waals surface area (Å²) < 4.78 is 13.7. The zero-order valence-electron chi connectivity index (χ0n) is 17.7. The molecule has 3 aliphatic heterocycles. The van der Waals surface area contributed by atoms with Crippen molar-refractivity contribution in [3.8, 4) is 17.0 Å². The molecule has 4 heterocycles. The second-order valence-corrected chi connectivity index (χ2v) is 9.69. The van der Waals surface area contributed by atoms with Crippen LogP contribution in [-0.4, -0.2) is 35.5 Å². The fourth-order valence-electron chi connectivity index (χ4n) is 5.22. The molecular weight excluding hydrogens is 382 g/mol. The van der Waals surface area contributed by atoms with E-state index in [1.54, 1.807) is 6.20 Å². The Hall–Kier alpha value is -2.60. The minimum absolute atomic E-state index is 0.0454. The zero-order valence-corrected chi connectivity index (χ0v) is 17.7. The van der Waals surface area contributed by atoms with Gasteiger partial charge in [0.2, 0.25) is 0 Å². The summed E-state index contributed by atoms with van der Waals surface area (Å²) in [7, 11) is 0. The first-order valence-corrected chi connectivity index (χ1v) is 10.6. The number of aromatic carboxylic acids is 1. The summed E-state index contributed by atoms with van der Waals surface area (Å²) >= 11 is 0. The summed E-state index contributed by atoms with van der Waals surface area (Å²) in [5, 5.41) is 9.52. The SMILES string of the molecule is CC(C)(C)[C@@H]1Cc2c(cc(C3CCOC3)c3c2CCO3)-c2cc(=O)c(C(=O)O)cn21. The Morgan fingerprint density at radius 3 is 2.67 bits per heavy atom. The predicted molar refractivity (Wildman–Crippen MR) is 113 cm³/mol. The van der Waals surface area contributed by atoms with Gasteiger partial charge in [-0.2, -0.15) is 0 Å². The third-order valence-electron chi connectivity index (χ3n) is 6.81. The third-order valence-corrected chi connectivity index (χ3v) is 6.81. The van der Waals surface area contributed by atoms with Crippen molar-refractivity contribution in [1.82, 2.24) is 4.57 Å². The molecule has 0 radical (unpaired) electrons. The Kier molecular flexibility index (Phi) is 4.33. The molecule has 1 aromatic carbocycles. The molecule has 0 saturated carbocycles. The van der Waals surface area contributed by atoms with Crippen LogP contribution in [0.15, 0.2) is 23.1 Å². The molecule has 30 heavy (non-hydrogen) atoms. The summed E-state index contributed by atoms with van der Waals surface area (Å²) in [6, 6.07) is 3.73. The minimum Gasteiger partial charge on any atom is -0.493 e. The minimum atomic E-state index is -1.18. The second-order valence-electron chi connectivity index (χ2n) is 9.69. The number of carboxylic acids is 1. The van der Waals surface area contributed by atoms with E-state index in [9.17, 15) is 14.7 Å². The number of nitrogens with zero attached hydrogens (tertiary/aromatic N) is 1. The summed E-state index contributed by atoms with van der Waals surface area (Å²) in [5.74, 6) is 0.121. The highest BCUT2D eigenvalue weighted by molar-refractivity contribution is 5.88. The monoisotopic (exact) mass is 409 g/mol. The fourth-order valence-corrected chi connectivity index (χ4v) is 5.22. The Morgan fingerprint density at radius 2 is 2.00 bits per heavy atom. The molecule has 1 aromatic heterocycles. The van der Waals surface area contributed by atoms with Crippen molar-refractivity contribution >= 4 is 5.97 Å². The van der Waals surface area contributed by atoms with Gasteiger partial charge in [0.05, 0.1) is 18.9 Å². The van der Waals surface area contributed by atoms with Gasteiger partial charge in [-0.3, -0.25) is 4.79 Å². The van der Waals surface area contributed by atoms with Crippen LogP contribution in [0.4, 0.5) is 0 Å². The van der Waals surface area contributed by atoms with Crippen LogP contribution in [0.1, 0.15) is 66.2 Å². The Bertz CT molecular complexity index is 1100. The van der Waals surface area contributed by atoms with Gasteiger partial charge in [0, 0.05) is 53.9 Å². The van der Waals surface area contributed by atoms with Gasteiger partial charge >= 0.3 is 5.97 Å².